The highest BCUT2D eigenvalue weighted by atomic mass is 32.2. The number of thiazole rings is 1. The molecule has 0 unspecified atom stereocenters. The summed E-state index contributed by atoms with van der Waals surface area (Å²) in [6.45, 7) is 5.22. The highest BCUT2D eigenvalue weighted by Gasteiger charge is 2.09. The maximum atomic E-state index is 11.2. The summed E-state index contributed by atoms with van der Waals surface area (Å²) in [5, 5.41) is 0.402. The Bertz CT molecular complexity index is 394. The first-order valence-electron chi connectivity index (χ1n) is 3.57. The van der Waals surface area contributed by atoms with E-state index in [2.05, 4.69) is 16.3 Å². The monoisotopic (exact) mass is 218 g/mol. The molecule has 1 rings (SSSR count). The Morgan fingerprint density at radius 1 is 1.77 bits per heavy atom. The molecule has 0 fully saturated rings. The third-order valence-electron chi connectivity index (χ3n) is 1.20. The van der Waals surface area contributed by atoms with Crippen LogP contribution in [0.4, 0.5) is 5.13 Å². The fraction of sp³-hybridized carbons (Fsp3) is 0.286. The Morgan fingerprint density at radius 3 is 2.92 bits per heavy atom. The van der Waals surface area contributed by atoms with Crippen molar-refractivity contribution >= 4 is 26.5 Å². The van der Waals surface area contributed by atoms with Gasteiger partial charge in [0, 0.05) is 11.1 Å². The molecular weight excluding hydrogens is 208 g/mol. The lowest BCUT2D eigenvalue weighted by molar-refractivity contribution is 0.604. The molecule has 0 saturated heterocycles. The number of hydrogen-bond donors (Lipinski definition) is 1. The number of hydrogen-bond acceptors (Lipinski definition) is 4. The molecule has 0 saturated carbocycles. The van der Waals surface area contributed by atoms with E-state index >= 15 is 0 Å². The molecule has 1 heterocycles. The zero-order chi connectivity index (χ0) is 9.90. The van der Waals surface area contributed by atoms with E-state index in [-0.39, 0.29) is 5.75 Å². The average molecular weight is 218 g/mol. The normalized spacial score (nSPS) is 11.2. The lowest BCUT2D eigenvalue weighted by Crippen LogP contribution is -2.14. The maximum Gasteiger partial charge on any atom is 0.238 e. The lowest BCUT2D eigenvalue weighted by atomic mass is 10.7. The minimum Gasteiger partial charge on any atom is -0.258 e. The van der Waals surface area contributed by atoms with Crippen molar-refractivity contribution in [1.29, 1.82) is 0 Å². The number of aryl methyl sites for hydroxylation is 1. The van der Waals surface area contributed by atoms with Crippen molar-refractivity contribution in [3.63, 3.8) is 0 Å². The first kappa shape index (κ1) is 10.2. The molecule has 0 aliphatic carbocycles. The van der Waals surface area contributed by atoms with Gasteiger partial charge in [0.25, 0.3) is 0 Å². The van der Waals surface area contributed by atoms with Crippen LogP contribution < -0.4 is 4.72 Å². The van der Waals surface area contributed by atoms with Crippen molar-refractivity contribution in [3.8, 4) is 0 Å². The Hall–Kier alpha value is -0.880. The summed E-state index contributed by atoms with van der Waals surface area (Å²) >= 11 is 1.30. The summed E-state index contributed by atoms with van der Waals surface area (Å²) in [7, 11) is -3.29. The number of anilines is 1. The molecule has 0 aliphatic rings. The molecule has 0 aromatic carbocycles. The number of sulfonamides is 1. The van der Waals surface area contributed by atoms with Crippen LogP contribution in [0.25, 0.3) is 0 Å². The second kappa shape index (κ2) is 3.89. The Morgan fingerprint density at radius 2 is 2.46 bits per heavy atom. The molecule has 72 valence electrons. The van der Waals surface area contributed by atoms with Crippen LogP contribution in [0.2, 0.25) is 0 Å². The van der Waals surface area contributed by atoms with Gasteiger partial charge in [0.15, 0.2) is 5.13 Å². The topological polar surface area (TPSA) is 59.1 Å². The minimum absolute atomic E-state index is 0.0916. The highest BCUT2D eigenvalue weighted by molar-refractivity contribution is 7.93. The molecule has 0 amide bonds. The van der Waals surface area contributed by atoms with Gasteiger partial charge < -0.3 is 0 Å². The molecule has 0 atom stereocenters. The van der Waals surface area contributed by atoms with Gasteiger partial charge in [-0.3, -0.25) is 4.72 Å². The molecule has 0 radical (unpaired) electrons. The van der Waals surface area contributed by atoms with Crippen LogP contribution in [0.1, 0.15) is 4.88 Å². The predicted octanol–water partition coefficient (Wildman–Crippen LogP) is 1.38. The van der Waals surface area contributed by atoms with Crippen molar-refractivity contribution in [2.24, 2.45) is 0 Å². The summed E-state index contributed by atoms with van der Waals surface area (Å²) < 4.78 is 24.7. The minimum atomic E-state index is -3.29. The smallest absolute Gasteiger partial charge is 0.238 e. The van der Waals surface area contributed by atoms with Gasteiger partial charge in [0.05, 0.1) is 5.75 Å². The molecule has 0 bridgehead atoms. The van der Waals surface area contributed by atoms with Gasteiger partial charge in [0.1, 0.15) is 0 Å². The van der Waals surface area contributed by atoms with Crippen LogP contribution >= 0.6 is 11.3 Å². The van der Waals surface area contributed by atoms with E-state index in [4.69, 9.17) is 0 Å². The summed E-state index contributed by atoms with van der Waals surface area (Å²) in [5.41, 5.74) is 0. The number of nitrogens with zero attached hydrogens (tertiary/aromatic N) is 1. The molecule has 6 heteroatoms. The number of nitrogens with one attached hydrogen (secondary N) is 1. The summed E-state index contributed by atoms with van der Waals surface area (Å²) in [6.07, 6.45) is 2.96. The van der Waals surface area contributed by atoms with Gasteiger partial charge in [-0.25, -0.2) is 13.4 Å². The van der Waals surface area contributed by atoms with E-state index in [1.165, 1.54) is 17.4 Å². The second-order valence-corrected chi connectivity index (χ2v) is 5.45. The standard InChI is InChI=1S/C7H10N2O2S2/c1-3-4-13(10,11)9-7-8-5-6(2)12-7/h3,5H,1,4H2,2H3,(H,8,9). The SMILES string of the molecule is C=CCS(=O)(=O)Nc1ncc(C)s1. The first-order valence-corrected chi connectivity index (χ1v) is 6.04. The number of aromatic nitrogens is 1. The van der Waals surface area contributed by atoms with Crippen LogP contribution in [0, 0.1) is 6.92 Å². The third-order valence-corrected chi connectivity index (χ3v) is 3.34. The predicted molar refractivity (Wildman–Crippen MR) is 54.5 cm³/mol. The van der Waals surface area contributed by atoms with Crippen molar-refractivity contribution in [2.75, 3.05) is 10.5 Å². The van der Waals surface area contributed by atoms with Crippen molar-refractivity contribution in [3.05, 3.63) is 23.7 Å². The molecular formula is C7H10N2O2S2. The Kier molecular flexibility index (Phi) is 3.05. The van der Waals surface area contributed by atoms with Crippen molar-refractivity contribution in [2.45, 2.75) is 6.92 Å². The molecule has 4 nitrogen and oxygen atoms in total. The molecule has 1 aromatic heterocycles. The van der Waals surface area contributed by atoms with Gasteiger partial charge in [-0.15, -0.1) is 17.9 Å². The number of rotatable bonds is 4. The van der Waals surface area contributed by atoms with Crippen molar-refractivity contribution in [1.82, 2.24) is 4.98 Å². The Balaban J connectivity index is 2.74. The quantitative estimate of drug-likeness (QED) is 0.777. The molecule has 0 aliphatic heterocycles. The van der Waals surface area contributed by atoms with Gasteiger partial charge >= 0.3 is 0 Å². The zero-order valence-corrected chi connectivity index (χ0v) is 8.78. The largest absolute Gasteiger partial charge is 0.258 e. The molecule has 0 spiro atoms. The van der Waals surface area contributed by atoms with Gasteiger partial charge in [-0.1, -0.05) is 6.08 Å². The molecule has 1 aromatic rings. The van der Waals surface area contributed by atoms with Crippen LogP contribution in [0.15, 0.2) is 18.9 Å². The van der Waals surface area contributed by atoms with Gasteiger partial charge in [-0.05, 0) is 6.92 Å². The summed E-state index contributed by atoms with van der Waals surface area (Å²) in [6, 6.07) is 0. The highest BCUT2D eigenvalue weighted by Crippen LogP contribution is 2.17. The van der Waals surface area contributed by atoms with Crippen LogP contribution in [0.3, 0.4) is 0 Å². The molecule has 1 N–H and O–H groups in total. The fourth-order valence-corrected chi connectivity index (χ4v) is 2.51. The van der Waals surface area contributed by atoms with Gasteiger partial charge in [-0.2, -0.15) is 0 Å². The van der Waals surface area contributed by atoms with Gasteiger partial charge in [0.2, 0.25) is 10.0 Å². The van der Waals surface area contributed by atoms with E-state index in [1.807, 2.05) is 6.92 Å². The third kappa shape index (κ3) is 3.16. The maximum absolute atomic E-state index is 11.2. The van der Waals surface area contributed by atoms with E-state index in [0.29, 0.717) is 5.13 Å². The second-order valence-electron chi connectivity index (χ2n) is 2.45. The van der Waals surface area contributed by atoms with Crippen LogP contribution in [-0.2, 0) is 10.0 Å². The zero-order valence-electron chi connectivity index (χ0n) is 7.15. The van der Waals surface area contributed by atoms with Crippen molar-refractivity contribution < 1.29 is 8.42 Å². The van der Waals surface area contributed by atoms with E-state index < -0.39 is 10.0 Å². The van der Waals surface area contributed by atoms with Crippen LogP contribution in [0.5, 0.6) is 0 Å². The van der Waals surface area contributed by atoms with E-state index in [0.717, 1.165) is 4.88 Å². The average Bonchev–Trinajstić information content (AvgIpc) is 2.34. The first-order chi connectivity index (χ1) is 6.03. The summed E-state index contributed by atoms with van der Waals surface area (Å²) in [4.78, 5) is 4.85. The molecule has 13 heavy (non-hydrogen) atoms. The Labute approximate surface area is 81.4 Å². The fourth-order valence-electron chi connectivity index (χ4n) is 0.732. The lowest BCUT2D eigenvalue weighted by Gasteiger charge is -2.00. The van der Waals surface area contributed by atoms with E-state index in [1.54, 1.807) is 6.20 Å². The van der Waals surface area contributed by atoms with E-state index in [9.17, 15) is 8.42 Å². The van der Waals surface area contributed by atoms with Crippen LogP contribution in [-0.4, -0.2) is 19.2 Å². The summed E-state index contributed by atoms with van der Waals surface area (Å²) in [5.74, 6) is -0.0916.